The van der Waals surface area contributed by atoms with E-state index >= 15 is 0 Å². The largest absolute Gasteiger partial charge is 0.311 e. The number of hydrogen-bond donors (Lipinski definition) is 1. The molecule has 0 aromatic carbocycles. The SMILES string of the molecule is CC(=O)C1=NC(=O)C(N)S1. The lowest BCUT2D eigenvalue weighted by atomic mass is 10.5. The van der Waals surface area contributed by atoms with Crippen molar-refractivity contribution in [3.63, 3.8) is 0 Å². The van der Waals surface area contributed by atoms with Crippen molar-refractivity contribution in [3.8, 4) is 0 Å². The first-order chi connectivity index (χ1) is 4.61. The smallest absolute Gasteiger partial charge is 0.274 e. The topological polar surface area (TPSA) is 72.5 Å². The van der Waals surface area contributed by atoms with Gasteiger partial charge in [-0.3, -0.25) is 9.59 Å². The standard InChI is InChI=1S/C5H6N2O2S/c1-2(8)5-7-4(9)3(6)10-5/h3H,6H2,1H3. The van der Waals surface area contributed by atoms with Gasteiger partial charge in [0, 0.05) is 6.92 Å². The number of nitrogens with zero attached hydrogens (tertiary/aromatic N) is 1. The summed E-state index contributed by atoms with van der Waals surface area (Å²) in [7, 11) is 0. The van der Waals surface area contributed by atoms with E-state index in [9.17, 15) is 9.59 Å². The van der Waals surface area contributed by atoms with Crippen molar-refractivity contribution >= 4 is 28.5 Å². The van der Waals surface area contributed by atoms with E-state index in [2.05, 4.69) is 4.99 Å². The highest BCUT2D eigenvalue weighted by Crippen LogP contribution is 2.18. The van der Waals surface area contributed by atoms with Gasteiger partial charge >= 0.3 is 0 Å². The number of hydrogen-bond acceptors (Lipinski definition) is 4. The van der Waals surface area contributed by atoms with Crippen molar-refractivity contribution in [2.45, 2.75) is 12.3 Å². The second-order valence-corrected chi connectivity index (χ2v) is 2.98. The summed E-state index contributed by atoms with van der Waals surface area (Å²) in [5.41, 5.74) is 5.25. The molecule has 4 nitrogen and oxygen atoms in total. The Balaban J connectivity index is 2.77. The van der Waals surface area contributed by atoms with Gasteiger partial charge < -0.3 is 5.73 Å². The predicted molar refractivity (Wildman–Crippen MR) is 38.7 cm³/mol. The van der Waals surface area contributed by atoms with Gasteiger partial charge in [-0.1, -0.05) is 11.8 Å². The Labute approximate surface area is 61.9 Å². The molecule has 2 N–H and O–H groups in total. The van der Waals surface area contributed by atoms with Crippen molar-refractivity contribution in [1.29, 1.82) is 0 Å². The molecule has 0 spiro atoms. The Morgan fingerprint density at radius 2 is 2.40 bits per heavy atom. The quantitative estimate of drug-likeness (QED) is 0.560. The molecule has 0 aliphatic carbocycles. The Hall–Kier alpha value is -0.680. The monoisotopic (exact) mass is 158 g/mol. The summed E-state index contributed by atoms with van der Waals surface area (Å²) in [6, 6.07) is 0. The summed E-state index contributed by atoms with van der Waals surface area (Å²) in [4.78, 5) is 24.6. The molecule has 1 unspecified atom stereocenters. The van der Waals surface area contributed by atoms with Gasteiger partial charge in [0.15, 0.2) is 5.78 Å². The first kappa shape index (κ1) is 7.43. The van der Waals surface area contributed by atoms with Gasteiger partial charge in [-0.2, -0.15) is 0 Å². The average Bonchev–Trinajstić information content (AvgIpc) is 2.13. The minimum Gasteiger partial charge on any atom is -0.311 e. The molecule has 1 amide bonds. The van der Waals surface area contributed by atoms with E-state index in [1.807, 2.05) is 0 Å². The zero-order valence-electron chi connectivity index (χ0n) is 5.33. The van der Waals surface area contributed by atoms with E-state index < -0.39 is 11.3 Å². The first-order valence-electron chi connectivity index (χ1n) is 2.67. The van der Waals surface area contributed by atoms with E-state index in [1.165, 1.54) is 6.92 Å². The van der Waals surface area contributed by atoms with Crippen molar-refractivity contribution < 1.29 is 9.59 Å². The van der Waals surface area contributed by atoms with Crippen LogP contribution in [0.25, 0.3) is 0 Å². The highest BCUT2D eigenvalue weighted by Gasteiger charge is 2.26. The third kappa shape index (κ3) is 1.25. The van der Waals surface area contributed by atoms with Crippen LogP contribution >= 0.6 is 11.8 Å². The fraction of sp³-hybridized carbons (Fsp3) is 0.400. The van der Waals surface area contributed by atoms with Crippen molar-refractivity contribution in [2.75, 3.05) is 0 Å². The van der Waals surface area contributed by atoms with Gasteiger partial charge in [-0.25, -0.2) is 4.99 Å². The summed E-state index contributed by atoms with van der Waals surface area (Å²) < 4.78 is 0. The van der Waals surface area contributed by atoms with Gasteiger partial charge in [0.2, 0.25) is 0 Å². The second kappa shape index (κ2) is 2.51. The number of rotatable bonds is 1. The molecular formula is C5H6N2O2S. The third-order valence-corrected chi connectivity index (χ3v) is 2.05. The molecule has 1 aliphatic rings. The lowest BCUT2D eigenvalue weighted by Gasteiger charge is -1.93. The Kier molecular flexibility index (Phi) is 1.87. The molecule has 0 bridgehead atoms. The predicted octanol–water partition coefficient (Wildman–Crippen LogP) is -0.468. The maximum absolute atomic E-state index is 10.6. The number of ketones is 1. The second-order valence-electron chi connectivity index (χ2n) is 1.85. The summed E-state index contributed by atoms with van der Waals surface area (Å²) in [5, 5.41) is -0.448. The number of Topliss-reactive ketones (excluding diaryl/α,β-unsaturated/α-hetero) is 1. The average molecular weight is 158 g/mol. The van der Waals surface area contributed by atoms with Crippen LogP contribution in [0.15, 0.2) is 4.99 Å². The number of aliphatic imine (C=N–C) groups is 1. The molecule has 1 heterocycles. The molecule has 0 aromatic heterocycles. The Morgan fingerprint density at radius 3 is 2.60 bits per heavy atom. The summed E-state index contributed by atoms with van der Waals surface area (Å²) in [5.74, 6) is -0.624. The van der Waals surface area contributed by atoms with Crippen LogP contribution in [0.2, 0.25) is 0 Å². The maximum Gasteiger partial charge on any atom is 0.274 e. The first-order valence-corrected chi connectivity index (χ1v) is 3.55. The van der Waals surface area contributed by atoms with Gasteiger partial charge in [-0.05, 0) is 0 Å². The number of carbonyl (C=O) groups is 2. The van der Waals surface area contributed by atoms with Gasteiger partial charge in [0.25, 0.3) is 5.91 Å². The highest BCUT2D eigenvalue weighted by atomic mass is 32.2. The molecular weight excluding hydrogens is 152 g/mol. The summed E-state index contributed by atoms with van der Waals surface area (Å²) in [6.45, 7) is 1.36. The van der Waals surface area contributed by atoms with Crippen LogP contribution < -0.4 is 5.73 Å². The van der Waals surface area contributed by atoms with Crippen LogP contribution in [0.4, 0.5) is 0 Å². The number of amides is 1. The number of thioether (sulfide) groups is 1. The summed E-state index contributed by atoms with van der Waals surface area (Å²) in [6.07, 6.45) is 0. The highest BCUT2D eigenvalue weighted by molar-refractivity contribution is 8.17. The number of carbonyl (C=O) groups excluding carboxylic acids is 2. The van der Waals surface area contributed by atoms with E-state index in [4.69, 9.17) is 5.73 Å². The molecule has 10 heavy (non-hydrogen) atoms. The fourth-order valence-electron chi connectivity index (χ4n) is 0.522. The Morgan fingerprint density at radius 1 is 1.80 bits per heavy atom. The van der Waals surface area contributed by atoms with Crippen molar-refractivity contribution in [1.82, 2.24) is 0 Å². The molecule has 54 valence electrons. The van der Waals surface area contributed by atoms with Gasteiger partial charge in [0.05, 0.1) is 0 Å². The number of nitrogens with two attached hydrogens (primary N) is 1. The molecule has 1 rings (SSSR count). The third-order valence-electron chi connectivity index (χ3n) is 0.995. The van der Waals surface area contributed by atoms with Crippen LogP contribution in [0.5, 0.6) is 0 Å². The molecule has 5 heteroatoms. The molecule has 1 aliphatic heterocycles. The summed E-state index contributed by atoms with van der Waals surface area (Å²) >= 11 is 1.01. The van der Waals surface area contributed by atoms with E-state index in [0.29, 0.717) is 0 Å². The lowest BCUT2D eigenvalue weighted by Crippen LogP contribution is -2.21. The van der Waals surface area contributed by atoms with Gasteiger partial charge in [-0.15, -0.1) is 0 Å². The zero-order chi connectivity index (χ0) is 7.72. The molecule has 0 fully saturated rings. The zero-order valence-corrected chi connectivity index (χ0v) is 6.14. The molecule has 0 saturated carbocycles. The Bertz CT molecular complexity index is 224. The van der Waals surface area contributed by atoms with Crippen LogP contribution in [-0.4, -0.2) is 22.1 Å². The molecule has 0 radical (unpaired) electrons. The fourth-order valence-corrected chi connectivity index (χ4v) is 1.23. The minimum atomic E-state index is -0.668. The molecule has 0 saturated heterocycles. The van der Waals surface area contributed by atoms with Crippen LogP contribution in [0, 0.1) is 0 Å². The van der Waals surface area contributed by atoms with E-state index in [1.54, 1.807) is 0 Å². The minimum absolute atomic E-state index is 0.202. The molecule has 1 atom stereocenters. The van der Waals surface area contributed by atoms with Crippen molar-refractivity contribution in [2.24, 2.45) is 10.7 Å². The van der Waals surface area contributed by atoms with Crippen LogP contribution in [0.1, 0.15) is 6.92 Å². The van der Waals surface area contributed by atoms with Crippen LogP contribution in [-0.2, 0) is 9.59 Å². The molecule has 0 aromatic rings. The maximum atomic E-state index is 10.6. The van der Waals surface area contributed by atoms with Crippen molar-refractivity contribution in [3.05, 3.63) is 0 Å². The normalized spacial score (nSPS) is 24.8. The lowest BCUT2D eigenvalue weighted by molar-refractivity contribution is -0.117. The van der Waals surface area contributed by atoms with Gasteiger partial charge in [0.1, 0.15) is 10.4 Å². The van der Waals surface area contributed by atoms with E-state index in [0.717, 1.165) is 11.8 Å². The van der Waals surface area contributed by atoms with E-state index in [-0.39, 0.29) is 10.8 Å². The van der Waals surface area contributed by atoms with Crippen LogP contribution in [0.3, 0.4) is 0 Å².